The van der Waals surface area contributed by atoms with E-state index in [1.807, 2.05) is 11.9 Å². The number of unbranched alkanes of at least 4 members (excludes halogenated alkanes) is 2. The van der Waals surface area contributed by atoms with E-state index in [1.54, 1.807) is 30.5 Å². The van der Waals surface area contributed by atoms with E-state index in [-0.39, 0.29) is 36.1 Å². The molecular weight excluding hydrogens is 504 g/mol. The second kappa shape index (κ2) is 13.8. The van der Waals surface area contributed by atoms with Gasteiger partial charge >= 0.3 is 5.97 Å². The van der Waals surface area contributed by atoms with Crippen LogP contribution in [-0.4, -0.2) is 69.0 Å². The zero-order chi connectivity index (χ0) is 28.4. The Kier molecular flexibility index (Phi) is 10.3. The number of anilines is 3. The summed E-state index contributed by atoms with van der Waals surface area (Å²) in [6.45, 7) is 1.50. The molecule has 0 unspecified atom stereocenters. The second-order valence-electron chi connectivity index (χ2n) is 9.01. The summed E-state index contributed by atoms with van der Waals surface area (Å²) in [7, 11) is 1.84. The van der Waals surface area contributed by atoms with Crippen LogP contribution in [0.2, 0.25) is 0 Å². The van der Waals surface area contributed by atoms with Gasteiger partial charge in [0.1, 0.15) is 6.04 Å². The summed E-state index contributed by atoms with van der Waals surface area (Å²) < 4.78 is 0. The van der Waals surface area contributed by atoms with E-state index in [0.29, 0.717) is 36.5 Å². The van der Waals surface area contributed by atoms with Gasteiger partial charge in [-0.1, -0.05) is 6.42 Å². The van der Waals surface area contributed by atoms with Crippen LogP contribution in [0.25, 0.3) is 11.2 Å². The summed E-state index contributed by atoms with van der Waals surface area (Å²) in [5, 5.41) is 14.8. The zero-order valence-corrected chi connectivity index (χ0v) is 21.8. The first-order chi connectivity index (χ1) is 18.7. The Hall–Kier alpha value is -4.59. The molecule has 14 heteroatoms. The Morgan fingerprint density at radius 1 is 1.05 bits per heavy atom. The van der Waals surface area contributed by atoms with Crippen molar-refractivity contribution in [2.75, 3.05) is 36.5 Å². The fourth-order valence-corrected chi connectivity index (χ4v) is 3.80. The number of amides is 2. The molecule has 0 aliphatic carbocycles. The van der Waals surface area contributed by atoms with Gasteiger partial charge in [0.2, 0.25) is 11.9 Å². The number of carboxylic acid groups (broad SMARTS) is 1. The molecule has 0 aliphatic heterocycles. The maximum Gasteiger partial charge on any atom is 0.326 e. The highest BCUT2D eigenvalue weighted by molar-refractivity contribution is 5.97. The molecule has 0 bridgehead atoms. The van der Waals surface area contributed by atoms with Gasteiger partial charge in [0.05, 0.1) is 18.4 Å². The van der Waals surface area contributed by atoms with Crippen molar-refractivity contribution in [1.82, 2.24) is 30.6 Å². The van der Waals surface area contributed by atoms with Crippen LogP contribution >= 0.6 is 0 Å². The number of nitrogen functional groups attached to an aromatic ring is 2. The maximum atomic E-state index is 12.7. The van der Waals surface area contributed by atoms with E-state index in [1.165, 1.54) is 0 Å². The van der Waals surface area contributed by atoms with Gasteiger partial charge < -0.3 is 37.8 Å². The summed E-state index contributed by atoms with van der Waals surface area (Å²) in [6.07, 6.45) is 4.15. The minimum atomic E-state index is -1.21. The van der Waals surface area contributed by atoms with Crippen LogP contribution in [0.3, 0.4) is 0 Å². The number of carboxylic acids is 1. The number of carbonyl (C=O) groups is 3. The quantitative estimate of drug-likeness (QED) is 0.153. The molecule has 208 valence electrons. The summed E-state index contributed by atoms with van der Waals surface area (Å²) in [5.41, 5.74) is 19.3. The standard InChI is InChI=1S/C25H34N10O4/c1-35(14-16-13-30-22-20(31-16)21(27)33-25(28)34-22)17-7-5-15(6-8-17)23(37)32-18(24(38)39)9-10-19(36)29-12-4-2-3-11-26/h5-8,13,18H,2-4,9-12,14,26H2,1H3,(H,29,36)(H,32,37)(H,38,39)(H4,27,28,30,33,34)/t18-/m0/s1. The number of hydrogen-bond donors (Lipinski definition) is 6. The van der Waals surface area contributed by atoms with Crippen LogP contribution < -0.4 is 32.7 Å². The Bertz CT molecular complexity index is 1300. The van der Waals surface area contributed by atoms with Gasteiger partial charge in [0.15, 0.2) is 17.0 Å². The third kappa shape index (κ3) is 8.46. The van der Waals surface area contributed by atoms with Gasteiger partial charge in [-0.15, -0.1) is 0 Å². The lowest BCUT2D eigenvalue weighted by atomic mass is 10.1. The molecule has 0 spiro atoms. The number of carbonyl (C=O) groups excluding carboxylic acids is 2. The molecule has 0 saturated heterocycles. The average molecular weight is 539 g/mol. The average Bonchev–Trinajstić information content (AvgIpc) is 2.91. The van der Waals surface area contributed by atoms with E-state index in [2.05, 4.69) is 30.6 Å². The maximum absolute atomic E-state index is 12.7. The summed E-state index contributed by atoms with van der Waals surface area (Å²) in [5.74, 6) is -1.85. The van der Waals surface area contributed by atoms with Crippen LogP contribution in [0, 0.1) is 0 Å². The highest BCUT2D eigenvalue weighted by Crippen LogP contribution is 2.19. The highest BCUT2D eigenvalue weighted by Gasteiger charge is 2.22. The van der Waals surface area contributed by atoms with Crippen LogP contribution in [0.4, 0.5) is 17.5 Å². The minimum absolute atomic E-state index is 0.0132. The van der Waals surface area contributed by atoms with Crippen molar-refractivity contribution >= 4 is 46.4 Å². The largest absolute Gasteiger partial charge is 0.480 e. The number of nitrogens with one attached hydrogen (secondary N) is 2. The SMILES string of the molecule is CN(Cc1cnc2nc(N)nc(N)c2n1)c1ccc(C(=O)N[C@@H](CCC(=O)NCCCCCN)C(=O)O)cc1. The number of aliphatic carboxylic acids is 1. The molecule has 9 N–H and O–H groups in total. The molecule has 1 atom stereocenters. The van der Waals surface area contributed by atoms with Crippen molar-refractivity contribution in [3.8, 4) is 0 Å². The van der Waals surface area contributed by atoms with E-state index < -0.39 is 17.9 Å². The fourth-order valence-electron chi connectivity index (χ4n) is 3.80. The number of nitrogens with two attached hydrogens (primary N) is 3. The summed E-state index contributed by atoms with van der Waals surface area (Å²) >= 11 is 0. The molecule has 0 saturated carbocycles. The fraction of sp³-hybridized carbons (Fsp3) is 0.400. The van der Waals surface area contributed by atoms with Gasteiger partial charge in [-0.25, -0.2) is 14.8 Å². The van der Waals surface area contributed by atoms with Crippen molar-refractivity contribution in [1.29, 1.82) is 0 Å². The van der Waals surface area contributed by atoms with Crippen molar-refractivity contribution < 1.29 is 19.5 Å². The number of rotatable bonds is 14. The number of nitrogens with zero attached hydrogens (tertiary/aromatic N) is 5. The normalized spacial score (nSPS) is 11.6. The smallest absolute Gasteiger partial charge is 0.326 e. The van der Waals surface area contributed by atoms with Gasteiger partial charge in [-0.2, -0.15) is 9.97 Å². The van der Waals surface area contributed by atoms with Gasteiger partial charge in [-0.05, 0) is 50.1 Å². The molecule has 2 heterocycles. The highest BCUT2D eigenvalue weighted by atomic mass is 16.4. The Labute approximate surface area is 225 Å². The van der Waals surface area contributed by atoms with E-state index in [9.17, 15) is 19.5 Å². The topological polar surface area (TPSA) is 228 Å². The van der Waals surface area contributed by atoms with E-state index >= 15 is 0 Å². The molecule has 1 aromatic carbocycles. The Morgan fingerprint density at radius 2 is 1.79 bits per heavy atom. The molecular formula is C25H34N10O4. The summed E-state index contributed by atoms with van der Waals surface area (Å²) in [6, 6.07) is 5.45. The first kappa shape index (κ1) is 29.0. The lowest BCUT2D eigenvalue weighted by molar-refractivity contribution is -0.139. The van der Waals surface area contributed by atoms with Crippen LogP contribution in [0.1, 0.15) is 48.2 Å². The lowest BCUT2D eigenvalue weighted by Crippen LogP contribution is -2.41. The minimum Gasteiger partial charge on any atom is -0.480 e. The van der Waals surface area contributed by atoms with Crippen molar-refractivity contribution in [3.05, 3.63) is 41.7 Å². The van der Waals surface area contributed by atoms with Crippen molar-refractivity contribution in [2.45, 2.75) is 44.7 Å². The van der Waals surface area contributed by atoms with Crippen LogP contribution in [0.5, 0.6) is 0 Å². The third-order valence-corrected chi connectivity index (χ3v) is 5.94. The molecule has 2 amide bonds. The monoisotopic (exact) mass is 538 g/mol. The molecule has 39 heavy (non-hydrogen) atoms. The van der Waals surface area contributed by atoms with Gasteiger partial charge in [0.25, 0.3) is 5.91 Å². The number of benzene rings is 1. The van der Waals surface area contributed by atoms with Crippen LogP contribution in [-0.2, 0) is 16.1 Å². The van der Waals surface area contributed by atoms with E-state index in [4.69, 9.17) is 17.2 Å². The number of hydrogen-bond acceptors (Lipinski definition) is 11. The number of fused-ring (bicyclic) bond motifs is 1. The Balaban J connectivity index is 1.54. The first-order valence-electron chi connectivity index (χ1n) is 12.5. The predicted octanol–water partition coefficient (Wildman–Crippen LogP) is 0.429. The molecule has 0 fully saturated rings. The van der Waals surface area contributed by atoms with E-state index in [0.717, 1.165) is 24.9 Å². The van der Waals surface area contributed by atoms with Crippen molar-refractivity contribution in [3.63, 3.8) is 0 Å². The predicted molar refractivity (Wildman–Crippen MR) is 147 cm³/mol. The second-order valence-corrected chi connectivity index (χ2v) is 9.01. The first-order valence-corrected chi connectivity index (χ1v) is 12.5. The molecule has 0 aliphatic rings. The van der Waals surface area contributed by atoms with Gasteiger partial charge in [0, 0.05) is 31.3 Å². The molecule has 0 radical (unpaired) electrons. The summed E-state index contributed by atoms with van der Waals surface area (Å²) in [4.78, 5) is 54.9. The third-order valence-electron chi connectivity index (χ3n) is 5.94. The van der Waals surface area contributed by atoms with Crippen molar-refractivity contribution in [2.24, 2.45) is 5.73 Å². The lowest BCUT2D eigenvalue weighted by Gasteiger charge is -2.19. The molecule has 2 aromatic heterocycles. The van der Waals surface area contributed by atoms with Gasteiger partial charge in [-0.3, -0.25) is 9.59 Å². The van der Waals surface area contributed by atoms with Crippen LogP contribution in [0.15, 0.2) is 30.5 Å². The molecule has 3 aromatic rings. The molecule has 3 rings (SSSR count). The Morgan fingerprint density at radius 3 is 2.49 bits per heavy atom. The number of aromatic nitrogens is 4. The zero-order valence-electron chi connectivity index (χ0n) is 21.8. The molecule has 14 nitrogen and oxygen atoms in total.